The van der Waals surface area contributed by atoms with E-state index in [1.807, 2.05) is 13.8 Å². The molecule has 0 amide bonds. The predicted molar refractivity (Wildman–Crippen MR) is 124 cm³/mol. The van der Waals surface area contributed by atoms with Gasteiger partial charge in [0.2, 0.25) is 5.79 Å². The van der Waals surface area contributed by atoms with Gasteiger partial charge in [0.05, 0.1) is 6.61 Å². The average Bonchev–Trinajstić information content (AvgIpc) is 2.62. The molecule has 0 aromatic heterocycles. The third-order valence-corrected chi connectivity index (χ3v) is 5.35. The van der Waals surface area contributed by atoms with Crippen molar-refractivity contribution in [1.82, 2.24) is 0 Å². The van der Waals surface area contributed by atoms with Crippen LogP contribution in [0.2, 0.25) is 0 Å². The molecule has 160 valence electrons. The maximum atomic E-state index is 6.13. The van der Waals surface area contributed by atoms with Crippen LogP contribution in [0.15, 0.2) is 54.6 Å². The Kier molecular flexibility index (Phi) is 8.34. The third-order valence-electron chi connectivity index (χ3n) is 5.35. The number of hydrogen-bond donors (Lipinski definition) is 0. The van der Waals surface area contributed by atoms with Crippen LogP contribution in [0.5, 0.6) is 5.75 Å². The minimum absolute atomic E-state index is 0.235. The summed E-state index contributed by atoms with van der Waals surface area (Å²) in [5.41, 5.74) is 3.00. The maximum Gasteiger partial charge on any atom is 0.204 e. The van der Waals surface area contributed by atoms with Crippen molar-refractivity contribution in [1.29, 1.82) is 0 Å². The Labute approximate surface area is 178 Å². The Balaban J connectivity index is 1.83. The van der Waals surface area contributed by atoms with Crippen LogP contribution in [-0.4, -0.2) is 12.4 Å². The van der Waals surface area contributed by atoms with Crippen molar-refractivity contribution in [3.05, 3.63) is 65.7 Å². The number of unbranched alkanes of at least 4 members (excludes halogenated alkanes) is 1. The summed E-state index contributed by atoms with van der Waals surface area (Å²) in [7, 11) is 0. The number of benzene rings is 2. The second-order valence-electron chi connectivity index (χ2n) is 9.95. The van der Waals surface area contributed by atoms with E-state index in [1.165, 1.54) is 11.1 Å². The van der Waals surface area contributed by atoms with Gasteiger partial charge < -0.3 is 9.47 Å². The van der Waals surface area contributed by atoms with E-state index >= 15 is 0 Å². The van der Waals surface area contributed by atoms with Crippen LogP contribution in [0.25, 0.3) is 0 Å². The molecule has 1 unspecified atom stereocenters. The molecular formula is C27H40O2. The number of ether oxygens (including phenoxy) is 2. The summed E-state index contributed by atoms with van der Waals surface area (Å²) in [5, 5.41) is 0. The lowest BCUT2D eigenvalue weighted by atomic mass is 9.70. The summed E-state index contributed by atoms with van der Waals surface area (Å²) in [6.45, 7) is 16.2. The summed E-state index contributed by atoms with van der Waals surface area (Å²) in [6.07, 6.45) is 3.25. The number of rotatable bonds is 10. The van der Waals surface area contributed by atoms with Crippen molar-refractivity contribution in [3.63, 3.8) is 0 Å². The molecule has 2 heteroatoms. The molecule has 0 bridgehead atoms. The van der Waals surface area contributed by atoms with E-state index in [2.05, 4.69) is 89.2 Å². The average molecular weight is 397 g/mol. The molecule has 0 saturated carbocycles. The fraction of sp³-hybridized carbons (Fsp3) is 0.556. The normalized spacial score (nSPS) is 13.5. The lowest BCUT2D eigenvalue weighted by molar-refractivity contribution is -0.156. The van der Waals surface area contributed by atoms with Crippen molar-refractivity contribution in [3.8, 4) is 5.75 Å². The first-order valence-corrected chi connectivity index (χ1v) is 11.1. The Morgan fingerprint density at radius 1 is 0.793 bits per heavy atom. The SMILES string of the molecule is CC(C)C(c1ccc(OC(C)(C)OCCCCc2ccccc2)cc1)C(C)(C)C. The second-order valence-corrected chi connectivity index (χ2v) is 9.95. The Morgan fingerprint density at radius 2 is 1.41 bits per heavy atom. The molecule has 29 heavy (non-hydrogen) atoms. The molecule has 2 rings (SSSR count). The largest absolute Gasteiger partial charge is 0.463 e. The van der Waals surface area contributed by atoms with Gasteiger partial charge in [0.25, 0.3) is 0 Å². The van der Waals surface area contributed by atoms with Gasteiger partial charge in [-0.2, -0.15) is 0 Å². The summed E-state index contributed by atoms with van der Waals surface area (Å²) in [4.78, 5) is 0. The number of aryl methyl sites for hydroxylation is 1. The van der Waals surface area contributed by atoms with Gasteiger partial charge in [-0.25, -0.2) is 0 Å². The van der Waals surface area contributed by atoms with Crippen LogP contribution < -0.4 is 4.74 Å². The van der Waals surface area contributed by atoms with E-state index in [0.717, 1.165) is 25.0 Å². The van der Waals surface area contributed by atoms with Crippen molar-refractivity contribution in [2.45, 2.75) is 79.4 Å². The summed E-state index contributed by atoms with van der Waals surface area (Å²) in [6, 6.07) is 19.2. The summed E-state index contributed by atoms with van der Waals surface area (Å²) in [5.74, 6) is 1.35. The standard InChI is InChI=1S/C27H40O2/c1-21(2)25(26(3,4)5)23-16-18-24(19-17-23)29-27(6,7)28-20-12-11-15-22-13-9-8-10-14-22/h8-10,13-14,16-19,21,25H,11-12,15,20H2,1-7H3. The van der Waals surface area contributed by atoms with Crippen molar-refractivity contribution < 1.29 is 9.47 Å². The van der Waals surface area contributed by atoms with Gasteiger partial charge in [0.15, 0.2) is 0 Å². The van der Waals surface area contributed by atoms with Gasteiger partial charge in [-0.15, -0.1) is 0 Å². The van der Waals surface area contributed by atoms with E-state index in [4.69, 9.17) is 9.47 Å². The van der Waals surface area contributed by atoms with Gasteiger partial charge in [-0.3, -0.25) is 0 Å². The van der Waals surface area contributed by atoms with Crippen LogP contribution in [-0.2, 0) is 11.2 Å². The van der Waals surface area contributed by atoms with Gasteiger partial charge in [-0.05, 0) is 59.8 Å². The highest BCUT2D eigenvalue weighted by Crippen LogP contribution is 2.41. The fourth-order valence-electron chi connectivity index (χ4n) is 4.34. The monoisotopic (exact) mass is 396 g/mol. The lowest BCUT2D eigenvalue weighted by Gasteiger charge is -2.34. The second kappa shape index (κ2) is 10.3. The highest BCUT2D eigenvalue weighted by Gasteiger charge is 2.29. The smallest absolute Gasteiger partial charge is 0.204 e. The van der Waals surface area contributed by atoms with Crippen molar-refractivity contribution >= 4 is 0 Å². The molecule has 0 saturated heterocycles. The minimum Gasteiger partial charge on any atom is -0.463 e. The van der Waals surface area contributed by atoms with E-state index in [0.29, 0.717) is 18.4 Å². The van der Waals surface area contributed by atoms with Crippen LogP contribution in [0.4, 0.5) is 0 Å². The molecule has 0 fully saturated rings. The van der Waals surface area contributed by atoms with Gasteiger partial charge in [0, 0.05) is 13.8 Å². The first-order valence-electron chi connectivity index (χ1n) is 11.1. The quantitative estimate of drug-likeness (QED) is 0.304. The van der Waals surface area contributed by atoms with Crippen LogP contribution in [0, 0.1) is 11.3 Å². The fourth-order valence-corrected chi connectivity index (χ4v) is 4.34. The lowest BCUT2D eigenvalue weighted by Crippen LogP contribution is -2.32. The summed E-state index contributed by atoms with van der Waals surface area (Å²) >= 11 is 0. The molecular weight excluding hydrogens is 356 g/mol. The van der Waals surface area contributed by atoms with Gasteiger partial charge in [0.1, 0.15) is 5.75 Å². The first-order chi connectivity index (χ1) is 13.6. The molecule has 2 nitrogen and oxygen atoms in total. The Morgan fingerprint density at radius 3 is 1.97 bits per heavy atom. The highest BCUT2D eigenvalue weighted by molar-refractivity contribution is 5.31. The molecule has 0 radical (unpaired) electrons. The topological polar surface area (TPSA) is 18.5 Å². The van der Waals surface area contributed by atoms with E-state index in [-0.39, 0.29) is 5.41 Å². The highest BCUT2D eigenvalue weighted by atomic mass is 16.7. The molecule has 0 aliphatic carbocycles. The van der Waals surface area contributed by atoms with E-state index < -0.39 is 5.79 Å². The summed E-state index contributed by atoms with van der Waals surface area (Å²) < 4.78 is 12.1. The van der Waals surface area contributed by atoms with E-state index in [9.17, 15) is 0 Å². The van der Waals surface area contributed by atoms with Gasteiger partial charge in [-0.1, -0.05) is 77.1 Å². The van der Waals surface area contributed by atoms with E-state index in [1.54, 1.807) is 0 Å². The van der Waals surface area contributed by atoms with Crippen LogP contribution in [0.1, 0.15) is 78.4 Å². The van der Waals surface area contributed by atoms with Gasteiger partial charge >= 0.3 is 0 Å². The molecule has 0 heterocycles. The molecule has 0 aliphatic rings. The maximum absolute atomic E-state index is 6.13. The zero-order valence-electron chi connectivity index (χ0n) is 19.5. The Hall–Kier alpha value is -1.80. The molecule has 1 atom stereocenters. The molecule has 0 spiro atoms. The van der Waals surface area contributed by atoms with Crippen molar-refractivity contribution in [2.24, 2.45) is 11.3 Å². The molecule has 2 aromatic rings. The zero-order valence-corrected chi connectivity index (χ0v) is 19.5. The third kappa shape index (κ3) is 7.85. The molecule has 0 aliphatic heterocycles. The zero-order chi connectivity index (χ0) is 21.5. The van der Waals surface area contributed by atoms with Crippen LogP contribution in [0.3, 0.4) is 0 Å². The molecule has 0 N–H and O–H groups in total. The minimum atomic E-state index is -0.629. The number of hydrogen-bond acceptors (Lipinski definition) is 2. The van der Waals surface area contributed by atoms with Crippen LogP contribution >= 0.6 is 0 Å². The predicted octanol–water partition coefficient (Wildman–Crippen LogP) is 7.63. The molecule has 2 aromatic carbocycles. The Bertz CT molecular complexity index is 708. The van der Waals surface area contributed by atoms with Crippen molar-refractivity contribution in [2.75, 3.05) is 6.61 Å². The first kappa shape index (κ1) is 23.5.